The van der Waals surface area contributed by atoms with Crippen LogP contribution in [0.5, 0.6) is 0 Å². The Hall–Kier alpha value is -1.09. The van der Waals surface area contributed by atoms with Crippen molar-refractivity contribution in [2.75, 3.05) is 13.1 Å². The molecule has 0 aromatic rings. The lowest BCUT2D eigenvalue weighted by Gasteiger charge is -2.29. The van der Waals surface area contributed by atoms with Gasteiger partial charge < -0.3 is 10.6 Å². The molecule has 0 atom stereocenters. The third-order valence-electron chi connectivity index (χ3n) is 2.39. The van der Waals surface area contributed by atoms with Crippen LogP contribution in [-0.2, 0) is 4.79 Å². The number of allylic oxidation sites excluding steroid dienone is 3. The minimum Gasteiger partial charge on any atom is -0.339 e. The van der Waals surface area contributed by atoms with E-state index in [2.05, 4.69) is 0 Å². The Bertz CT molecular complexity index is 238. The smallest absolute Gasteiger partial charge is 0.246 e. The molecule has 0 bridgehead atoms. The van der Waals surface area contributed by atoms with Crippen LogP contribution in [0.25, 0.3) is 0 Å². The van der Waals surface area contributed by atoms with Gasteiger partial charge in [0, 0.05) is 25.2 Å². The molecule has 0 aromatic heterocycles. The quantitative estimate of drug-likeness (QED) is 0.528. The van der Waals surface area contributed by atoms with E-state index in [1.54, 1.807) is 12.2 Å². The van der Waals surface area contributed by atoms with Crippen LogP contribution in [0.3, 0.4) is 0 Å². The van der Waals surface area contributed by atoms with E-state index >= 15 is 0 Å². The van der Waals surface area contributed by atoms with Gasteiger partial charge in [0.1, 0.15) is 0 Å². The van der Waals surface area contributed by atoms with Gasteiger partial charge in [0.05, 0.1) is 0 Å². The van der Waals surface area contributed by atoms with Crippen molar-refractivity contribution in [3.63, 3.8) is 0 Å². The molecule has 1 amide bonds. The molecule has 1 aliphatic heterocycles. The second-order valence-corrected chi connectivity index (χ2v) is 3.55. The molecule has 1 rings (SSSR count). The van der Waals surface area contributed by atoms with E-state index in [0.717, 1.165) is 25.9 Å². The Balaban J connectivity index is 2.38. The maximum Gasteiger partial charge on any atom is 0.246 e. The number of carbonyl (C=O) groups excluding carboxylic acids is 1. The van der Waals surface area contributed by atoms with E-state index in [-0.39, 0.29) is 11.9 Å². The summed E-state index contributed by atoms with van der Waals surface area (Å²) in [4.78, 5) is 13.4. The van der Waals surface area contributed by atoms with E-state index in [9.17, 15) is 4.79 Å². The van der Waals surface area contributed by atoms with E-state index in [4.69, 9.17) is 5.73 Å². The number of nitrogens with zero attached hydrogens (tertiary/aromatic N) is 1. The number of likely N-dealkylation sites (tertiary alicyclic amines) is 1. The van der Waals surface area contributed by atoms with Crippen LogP contribution in [-0.4, -0.2) is 29.9 Å². The van der Waals surface area contributed by atoms with Crippen LogP contribution < -0.4 is 5.73 Å². The molecule has 1 fully saturated rings. The van der Waals surface area contributed by atoms with Crippen molar-refractivity contribution in [3.8, 4) is 0 Å². The fraction of sp³-hybridized carbons (Fsp3) is 0.545. The Morgan fingerprint density at radius 1 is 1.36 bits per heavy atom. The minimum atomic E-state index is 0.0926. The molecule has 1 saturated heterocycles. The number of amides is 1. The standard InChI is InChI=1S/C11H18N2O/c1-2-3-4-5-11(14)13-8-6-10(12)7-9-13/h2-5,10H,6-9,12H2,1H3/b3-2+,5-4+. The fourth-order valence-corrected chi connectivity index (χ4v) is 1.47. The van der Waals surface area contributed by atoms with Gasteiger partial charge in [-0.3, -0.25) is 4.79 Å². The first-order chi connectivity index (χ1) is 6.74. The highest BCUT2D eigenvalue weighted by Gasteiger charge is 2.18. The van der Waals surface area contributed by atoms with Gasteiger partial charge in [0.25, 0.3) is 0 Å². The van der Waals surface area contributed by atoms with E-state index in [1.165, 1.54) is 0 Å². The molecule has 14 heavy (non-hydrogen) atoms. The zero-order valence-corrected chi connectivity index (χ0v) is 8.65. The number of nitrogens with two attached hydrogens (primary N) is 1. The van der Waals surface area contributed by atoms with Gasteiger partial charge >= 0.3 is 0 Å². The molecule has 3 nitrogen and oxygen atoms in total. The van der Waals surface area contributed by atoms with Crippen molar-refractivity contribution in [1.29, 1.82) is 0 Å². The Kier molecular flexibility index (Phi) is 4.40. The molecule has 0 saturated carbocycles. The van der Waals surface area contributed by atoms with Crippen LogP contribution >= 0.6 is 0 Å². The summed E-state index contributed by atoms with van der Waals surface area (Å²) in [5, 5.41) is 0. The van der Waals surface area contributed by atoms with Crippen molar-refractivity contribution in [2.24, 2.45) is 5.73 Å². The van der Waals surface area contributed by atoms with Crippen molar-refractivity contribution < 1.29 is 4.79 Å². The predicted octanol–water partition coefficient (Wildman–Crippen LogP) is 1.07. The summed E-state index contributed by atoms with van der Waals surface area (Å²) in [5.74, 6) is 0.0926. The van der Waals surface area contributed by atoms with Crippen LogP contribution in [0.1, 0.15) is 19.8 Å². The van der Waals surface area contributed by atoms with Gasteiger partial charge in [0.2, 0.25) is 5.91 Å². The second kappa shape index (κ2) is 5.60. The Labute approximate surface area is 85.3 Å². The number of hydrogen-bond donors (Lipinski definition) is 1. The van der Waals surface area contributed by atoms with Gasteiger partial charge in [-0.25, -0.2) is 0 Å². The van der Waals surface area contributed by atoms with Crippen molar-refractivity contribution >= 4 is 5.91 Å². The number of rotatable bonds is 2. The average Bonchev–Trinajstić information content (AvgIpc) is 2.19. The van der Waals surface area contributed by atoms with Crippen LogP contribution in [0, 0.1) is 0 Å². The molecule has 2 N–H and O–H groups in total. The highest BCUT2D eigenvalue weighted by Crippen LogP contribution is 2.08. The highest BCUT2D eigenvalue weighted by molar-refractivity contribution is 5.87. The lowest BCUT2D eigenvalue weighted by Crippen LogP contribution is -2.42. The fourth-order valence-electron chi connectivity index (χ4n) is 1.47. The molecular weight excluding hydrogens is 176 g/mol. The third kappa shape index (κ3) is 3.34. The first-order valence-corrected chi connectivity index (χ1v) is 5.08. The lowest BCUT2D eigenvalue weighted by molar-refractivity contribution is -0.126. The molecule has 0 aliphatic carbocycles. The summed E-state index contributed by atoms with van der Waals surface area (Å²) in [6.45, 7) is 3.51. The SMILES string of the molecule is C/C=C/C=C/C(=O)N1CCC(N)CC1. The monoisotopic (exact) mass is 194 g/mol. The average molecular weight is 194 g/mol. The normalized spacial score (nSPS) is 19.7. The predicted molar refractivity (Wildman–Crippen MR) is 57.7 cm³/mol. The van der Waals surface area contributed by atoms with E-state index in [0.29, 0.717) is 0 Å². The summed E-state index contributed by atoms with van der Waals surface area (Å²) in [5.41, 5.74) is 5.75. The summed E-state index contributed by atoms with van der Waals surface area (Å²) in [6, 6.07) is 0.276. The lowest BCUT2D eigenvalue weighted by atomic mass is 10.1. The van der Waals surface area contributed by atoms with Crippen LogP contribution in [0.2, 0.25) is 0 Å². The Morgan fingerprint density at radius 3 is 2.57 bits per heavy atom. The van der Waals surface area contributed by atoms with Crippen LogP contribution in [0.4, 0.5) is 0 Å². The van der Waals surface area contributed by atoms with Gasteiger partial charge in [-0.05, 0) is 19.8 Å². The zero-order valence-electron chi connectivity index (χ0n) is 8.65. The van der Waals surface area contributed by atoms with Crippen molar-refractivity contribution in [3.05, 3.63) is 24.3 Å². The van der Waals surface area contributed by atoms with Crippen molar-refractivity contribution in [2.45, 2.75) is 25.8 Å². The maximum atomic E-state index is 11.5. The molecule has 1 heterocycles. The molecule has 78 valence electrons. The number of hydrogen-bond acceptors (Lipinski definition) is 2. The molecule has 1 aliphatic rings. The molecule has 0 radical (unpaired) electrons. The highest BCUT2D eigenvalue weighted by atomic mass is 16.2. The summed E-state index contributed by atoms with van der Waals surface area (Å²) >= 11 is 0. The molecule has 3 heteroatoms. The second-order valence-electron chi connectivity index (χ2n) is 3.55. The summed E-state index contributed by atoms with van der Waals surface area (Å²) in [7, 11) is 0. The molecule has 0 spiro atoms. The molecule has 0 unspecified atom stereocenters. The van der Waals surface area contributed by atoms with Gasteiger partial charge in [-0.2, -0.15) is 0 Å². The number of piperidine rings is 1. The molecule has 0 aromatic carbocycles. The van der Waals surface area contributed by atoms with E-state index < -0.39 is 0 Å². The summed E-state index contributed by atoms with van der Waals surface area (Å²) in [6.07, 6.45) is 8.98. The summed E-state index contributed by atoms with van der Waals surface area (Å²) < 4.78 is 0. The maximum absolute atomic E-state index is 11.5. The minimum absolute atomic E-state index is 0.0926. The first-order valence-electron chi connectivity index (χ1n) is 5.08. The molecular formula is C11H18N2O. The van der Waals surface area contributed by atoms with Crippen molar-refractivity contribution in [1.82, 2.24) is 4.90 Å². The van der Waals surface area contributed by atoms with Crippen LogP contribution in [0.15, 0.2) is 24.3 Å². The first kappa shape index (κ1) is 11.0. The largest absolute Gasteiger partial charge is 0.339 e. The van der Waals surface area contributed by atoms with Gasteiger partial charge in [0.15, 0.2) is 0 Å². The third-order valence-corrected chi connectivity index (χ3v) is 2.39. The van der Waals surface area contributed by atoms with Gasteiger partial charge in [-0.1, -0.05) is 18.2 Å². The zero-order chi connectivity index (χ0) is 10.4. The topological polar surface area (TPSA) is 46.3 Å². The van der Waals surface area contributed by atoms with E-state index in [1.807, 2.05) is 24.0 Å². The Morgan fingerprint density at radius 2 is 2.00 bits per heavy atom. The van der Waals surface area contributed by atoms with Gasteiger partial charge in [-0.15, -0.1) is 0 Å². The number of carbonyl (C=O) groups is 1.